The third-order valence-electron chi connectivity index (χ3n) is 2.08. The Hall–Kier alpha value is 0.1000. The molecule has 1 fully saturated rings. The summed E-state index contributed by atoms with van der Waals surface area (Å²) in [5.74, 6) is 0. The fourth-order valence-electron chi connectivity index (χ4n) is 1.21. The Balaban J connectivity index is 2.27. The minimum atomic E-state index is -0.156. The normalized spacial score (nSPS) is 20.5. The molecule has 0 spiro atoms. The molecule has 1 aliphatic rings. The first-order chi connectivity index (χ1) is 5.77. The highest BCUT2D eigenvalue weighted by molar-refractivity contribution is 9.11. The van der Waals surface area contributed by atoms with Crippen molar-refractivity contribution >= 4 is 27.3 Å². The Morgan fingerprint density at radius 1 is 1.58 bits per heavy atom. The zero-order valence-corrected chi connectivity index (χ0v) is 9.07. The van der Waals surface area contributed by atoms with Crippen molar-refractivity contribution in [3.05, 3.63) is 20.8 Å². The van der Waals surface area contributed by atoms with Crippen LogP contribution in [0.15, 0.2) is 15.9 Å². The summed E-state index contributed by atoms with van der Waals surface area (Å²) in [5.41, 5.74) is -0.156. The highest BCUT2D eigenvalue weighted by atomic mass is 79.9. The van der Waals surface area contributed by atoms with Crippen LogP contribution in [0.1, 0.15) is 4.88 Å². The Bertz CT molecular complexity index is 275. The number of hydrogen-bond acceptors (Lipinski definition) is 3. The number of methoxy groups -OCH3 is 1. The summed E-state index contributed by atoms with van der Waals surface area (Å²) >= 11 is 5.14. The van der Waals surface area contributed by atoms with Crippen molar-refractivity contribution in [1.29, 1.82) is 0 Å². The van der Waals surface area contributed by atoms with Gasteiger partial charge in [0.05, 0.1) is 17.0 Å². The molecule has 1 aliphatic heterocycles. The first-order valence-corrected chi connectivity index (χ1v) is 5.26. The molecule has 0 aromatic carbocycles. The molecular formula is C8H9BrO2S. The number of halogens is 1. The third kappa shape index (κ3) is 1.23. The van der Waals surface area contributed by atoms with E-state index in [9.17, 15) is 0 Å². The van der Waals surface area contributed by atoms with E-state index in [2.05, 4.69) is 22.0 Å². The van der Waals surface area contributed by atoms with E-state index in [-0.39, 0.29) is 5.60 Å². The zero-order chi connectivity index (χ0) is 8.60. The van der Waals surface area contributed by atoms with Gasteiger partial charge >= 0.3 is 0 Å². The fourth-order valence-corrected chi connectivity index (χ4v) is 2.73. The van der Waals surface area contributed by atoms with Crippen molar-refractivity contribution < 1.29 is 9.47 Å². The maximum Gasteiger partial charge on any atom is 0.148 e. The Kier molecular flexibility index (Phi) is 2.25. The van der Waals surface area contributed by atoms with Gasteiger partial charge in [-0.2, -0.15) is 0 Å². The average Bonchev–Trinajstić information content (AvgIpc) is 2.35. The van der Waals surface area contributed by atoms with Crippen molar-refractivity contribution in [3.63, 3.8) is 0 Å². The second-order valence-electron chi connectivity index (χ2n) is 2.79. The number of hydrogen-bond donors (Lipinski definition) is 0. The predicted octanol–water partition coefficient (Wildman–Crippen LogP) is 2.38. The van der Waals surface area contributed by atoms with Gasteiger partial charge in [-0.1, -0.05) is 0 Å². The summed E-state index contributed by atoms with van der Waals surface area (Å²) in [6.07, 6.45) is 0. The standard InChI is InChI=1S/C8H9BrO2S/c1-10-8(4-11-5-8)6-2-3-7(9)12-6/h2-3H,4-5H2,1H3. The van der Waals surface area contributed by atoms with Crippen LogP contribution in [0.3, 0.4) is 0 Å². The molecule has 0 aliphatic carbocycles. The molecule has 2 rings (SSSR count). The summed E-state index contributed by atoms with van der Waals surface area (Å²) in [4.78, 5) is 1.24. The van der Waals surface area contributed by atoms with Gasteiger partial charge in [0.25, 0.3) is 0 Å². The van der Waals surface area contributed by atoms with Gasteiger partial charge in [0, 0.05) is 12.0 Å². The van der Waals surface area contributed by atoms with Crippen molar-refractivity contribution in [2.45, 2.75) is 5.60 Å². The van der Waals surface area contributed by atoms with Gasteiger partial charge in [-0.05, 0) is 28.1 Å². The van der Waals surface area contributed by atoms with Crippen LogP contribution in [0.25, 0.3) is 0 Å². The lowest BCUT2D eigenvalue weighted by Crippen LogP contribution is -2.47. The summed E-state index contributed by atoms with van der Waals surface area (Å²) in [6.45, 7) is 1.35. The molecule has 66 valence electrons. The molecule has 1 aromatic rings. The van der Waals surface area contributed by atoms with Crippen molar-refractivity contribution in [1.82, 2.24) is 0 Å². The van der Waals surface area contributed by atoms with Crippen molar-refractivity contribution in [2.75, 3.05) is 20.3 Å². The molecule has 0 atom stereocenters. The first kappa shape index (κ1) is 8.69. The van der Waals surface area contributed by atoms with E-state index in [0.717, 1.165) is 3.79 Å². The molecule has 2 nitrogen and oxygen atoms in total. The molecule has 0 saturated carbocycles. The smallest absolute Gasteiger partial charge is 0.148 e. The Morgan fingerprint density at radius 2 is 2.33 bits per heavy atom. The van der Waals surface area contributed by atoms with Crippen LogP contribution in [0.2, 0.25) is 0 Å². The molecule has 1 aromatic heterocycles. The molecule has 0 amide bonds. The summed E-state index contributed by atoms with van der Waals surface area (Å²) in [7, 11) is 1.73. The quantitative estimate of drug-likeness (QED) is 0.801. The Labute approximate surface area is 83.6 Å². The lowest BCUT2D eigenvalue weighted by molar-refractivity contribution is -0.200. The van der Waals surface area contributed by atoms with Crippen LogP contribution in [-0.2, 0) is 15.1 Å². The molecule has 1 saturated heterocycles. The molecule has 0 bridgehead atoms. The highest BCUT2D eigenvalue weighted by Gasteiger charge is 2.41. The lowest BCUT2D eigenvalue weighted by Gasteiger charge is -2.39. The van der Waals surface area contributed by atoms with Crippen LogP contribution < -0.4 is 0 Å². The van der Waals surface area contributed by atoms with Gasteiger partial charge in [-0.15, -0.1) is 11.3 Å². The summed E-state index contributed by atoms with van der Waals surface area (Å²) in [6, 6.07) is 4.12. The van der Waals surface area contributed by atoms with Crippen LogP contribution >= 0.6 is 27.3 Å². The van der Waals surface area contributed by atoms with Gasteiger partial charge in [0.15, 0.2) is 0 Å². The maximum atomic E-state index is 5.44. The minimum absolute atomic E-state index is 0.156. The molecule has 2 heterocycles. The molecule has 12 heavy (non-hydrogen) atoms. The molecule has 4 heteroatoms. The van der Waals surface area contributed by atoms with E-state index in [4.69, 9.17) is 9.47 Å². The van der Waals surface area contributed by atoms with E-state index in [1.54, 1.807) is 18.4 Å². The van der Waals surface area contributed by atoms with Gasteiger partial charge < -0.3 is 9.47 Å². The topological polar surface area (TPSA) is 18.5 Å². The number of ether oxygens (including phenoxy) is 2. The number of rotatable bonds is 2. The summed E-state index contributed by atoms with van der Waals surface area (Å²) < 4.78 is 11.7. The van der Waals surface area contributed by atoms with E-state index in [1.807, 2.05) is 6.07 Å². The second kappa shape index (κ2) is 3.10. The SMILES string of the molecule is COC1(c2ccc(Br)s2)COC1. The van der Waals surface area contributed by atoms with Gasteiger partial charge in [-0.3, -0.25) is 0 Å². The van der Waals surface area contributed by atoms with Gasteiger partial charge in [0.2, 0.25) is 0 Å². The predicted molar refractivity (Wildman–Crippen MR) is 51.5 cm³/mol. The molecule has 0 radical (unpaired) electrons. The average molecular weight is 249 g/mol. The third-order valence-corrected chi connectivity index (χ3v) is 3.89. The molecular weight excluding hydrogens is 240 g/mol. The first-order valence-electron chi connectivity index (χ1n) is 3.65. The van der Waals surface area contributed by atoms with Crippen LogP contribution in [0.5, 0.6) is 0 Å². The van der Waals surface area contributed by atoms with Crippen LogP contribution in [0.4, 0.5) is 0 Å². The zero-order valence-electron chi connectivity index (χ0n) is 6.67. The van der Waals surface area contributed by atoms with Gasteiger partial charge in [-0.25, -0.2) is 0 Å². The molecule has 0 unspecified atom stereocenters. The van der Waals surface area contributed by atoms with E-state index < -0.39 is 0 Å². The largest absolute Gasteiger partial charge is 0.374 e. The van der Waals surface area contributed by atoms with E-state index in [0.29, 0.717) is 13.2 Å². The summed E-state index contributed by atoms with van der Waals surface area (Å²) in [5, 5.41) is 0. The highest BCUT2D eigenvalue weighted by Crippen LogP contribution is 2.38. The van der Waals surface area contributed by atoms with E-state index >= 15 is 0 Å². The van der Waals surface area contributed by atoms with E-state index in [1.165, 1.54) is 4.88 Å². The Morgan fingerprint density at radius 3 is 2.67 bits per heavy atom. The van der Waals surface area contributed by atoms with Crippen molar-refractivity contribution in [3.8, 4) is 0 Å². The van der Waals surface area contributed by atoms with Gasteiger partial charge in [0.1, 0.15) is 5.60 Å². The van der Waals surface area contributed by atoms with Crippen LogP contribution in [0, 0.1) is 0 Å². The monoisotopic (exact) mass is 248 g/mol. The number of thiophene rings is 1. The van der Waals surface area contributed by atoms with Crippen LogP contribution in [-0.4, -0.2) is 20.3 Å². The van der Waals surface area contributed by atoms with Crippen molar-refractivity contribution in [2.24, 2.45) is 0 Å². The second-order valence-corrected chi connectivity index (χ2v) is 5.26. The minimum Gasteiger partial charge on any atom is -0.374 e. The maximum absolute atomic E-state index is 5.44. The fraction of sp³-hybridized carbons (Fsp3) is 0.500. The lowest BCUT2D eigenvalue weighted by atomic mass is 10.0. The molecule has 0 N–H and O–H groups in total.